The number of hydrogen-bond acceptors (Lipinski definition) is 3. The Morgan fingerprint density at radius 3 is 0.457 bits per heavy atom. The van der Waals surface area contributed by atoms with Crippen molar-refractivity contribution in [1.82, 2.24) is 9.80 Å². The van der Waals surface area contributed by atoms with Crippen molar-refractivity contribution in [3.05, 3.63) is 382 Å². The van der Waals surface area contributed by atoms with E-state index in [0.29, 0.717) is 0 Å². The largest absolute Gasteiger partial charge is 1.00 e. The Kier molecular flexibility index (Phi) is 107. The highest BCUT2D eigenvalue weighted by Gasteiger charge is 2.24. The molecular formula is C119H182Cl4N5O-. The van der Waals surface area contributed by atoms with Gasteiger partial charge in [-0.15, -0.1) is 0 Å². The van der Waals surface area contributed by atoms with E-state index in [4.69, 9.17) is 4.74 Å². The summed E-state index contributed by atoms with van der Waals surface area (Å²) in [7, 11) is 7.02. The molecule has 5 fully saturated rings. The number of rotatable bonds is 14. The zero-order valence-electron chi connectivity index (χ0n) is 84.1. The molecule has 0 atom stereocenters. The van der Waals surface area contributed by atoms with Gasteiger partial charge >= 0.3 is 0 Å². The Balaban J connectivity index is -0.000000201. The maximum absolute atomic E-state index is 5.25. The number of nitrogens with zero attached hydrogens (tertiary/aromatic N) is 5. The fourth-order valence-corrected chi connectivity index (χ4v) is 11.8. The lowest BCUT2D eigenvalue weighted by Crippen LogP contribution is -3.00. The first-order valence-electron chi connectivity index (χ1n) is 47.3. The molecule has 0 amide bonds. The van der Waals surface area contributed by atoms with Crippen LogP contribution in [0.1, 0.15) is 230 Å². The molecule has 0 N–H and O–H groups in total. The number of quaternary nitrogens is 3. The Morgan fingerprint density at radius 1 is 0.217 bits per heavy atom. The first-order valence-corrected chi connectivity index (χ1v) is 47.3. The number of ether oxygens (including phenoxy) is 1. The zero-order chi connectivity index (χ0) is 93.7. The highest BCUT2D eigenvalue weighted by molar-refractivity contribution is 5.50. The minimum atomic E-state index is 0. The van der Waals surface area contributed by atoms with E-state index in [1.807, 2.05) is 328 Å². The molecule has 10 heteroatoms. The molecule has 0 aromatic heterocycles. The standard InChI is InChI=1S/C8H18N.9C8H8.C7H16NO.C7H16N.C7H15N.C6H13N.4C3H8.4ClH/c1-3-9(2)7-5-4-6-8-9;9*1-2-8-6-4-3-5-7-8;1-3-8(2)4-6-9-7-5-8;1-3-8(2)6-4-5-7-8;1-2-8-6-4-3-5-7-8;1-2-7-5-3-4-6-7;4*1-3-2;;;;/h3-8H2,1-2H3;9*2-7H,1H2;3-7H2,1-2H3;3-7H2,1-2H3;2-7H2,1H3;2-6H2,1H3;4*3H2,1-2H3;4*1H/q+1;;;;;;;;;;2*+1;;;;;;;;;;/p-4. The topological polar surface area (TPSA) is 15.7 Å². The van der Waals surface area contributed by atoms with Gasteiger partial charge in [0.15, 0.2) is 0 Å². The van der Waals surface area contributed by atoms with Crippen LogP contribution in [0, 0.1) is 0 Å². The van der Waals surface area contributed by atoms with E-state index in [0.717, 1.165) is 13.2 Å². The summed E-state index contributed by atoms with van der Waals surface area (Å²) < 4.78 is 9.08. The van der Waals surface area contributed by atoms with Gasteiger partial charge in [-0.25, -0.2) is 0 Å². The molecule has 718 valence electrons. The van der Waals surface area contributed by atoms with Crippen molar-refractivity contribution in [3.63, 3.8) is 0 Å². The Labute approximate surface area is 821 Å². The van der Waals surface area contributed by atoms with Crippen LogP contribution in [0.3, 0.4) is 0 Å². The van der Waals surface area contributed by atoms with Gasteiger partial charge in [0.1, 0.15) is 13.1 Å². The smallest absolute Gasteiger partial charge is 0.102 e. The SMILES string of the molecule is C=Cc1ccccc1.C=Cc1ccccc1.C=Cc1ccccc1.C=Cc1ccccc1.C=Cc1ccccc1.C=Cc1ccccc1.C=Cc1ccccc1.C=Cc1ccccc1.C=Cc1ccccc1.CCC.CCC.CCC.CCC.CCN1CCCC1.CCN1CCCCC1.CC[N+]1(C)CCCC1.CC[N+]1(C)CCCCC1.CC[N+]1(C)CCOCC1.[Cl-].[Cl-].[Cl-].[Cl-]. The lowest BCUT2D eigenvalue weighted by molar-refractivity contribution is -0.915. The summed E-state index contributed by atoms with van der Waals surface area (Å²) in [6, 6.07) is 90.3. The molecule has 5 saturated heterocycles. The Bertz CT molecular complexity index is 3120. The molecule has 5 aliphatic heterocycles. The number of morpholine rings is 1. The average Bonchev–Trinajstić information content (AvgIpc) is 1.70. The summed E-state index contributed by atoms with van der Waals surface area (Å²) >= 11 is 0. The fourth-order valence-electron chi connectivity index (χ4n) is 11.8. The third-order valence-electron chi connectivity index (χ3n) is 20.2. The molecule has 0 saturated carbocycles. The number of likely N-dealkylation sites (tertiary alicyclic amines) is 4. The molecule has 0 bridgehead atoms. The minimum Gasteiger partial charge on any atom is -1.00 e. The van der Waals surface area contributed by atoms with Gasteiger partial charge in [-0.3, -0.25) is 0 Å². The predicted molar refractivity (Wildman–Crippen MR) is 573 cm³/mol. The maximum atomic E-state index is 5.25. The van der Waals surface area contributed by atoms with Crippen LogP contribution in [-0.4, -0.2) is 156 Å². The first kappa shape index (κ1) is 136. The molecule has 9 aromatic carbocycles. The van der Waals surface area contributed by atoms with Gasteiger partial charge < -0.3 is 77.6 Å². The van der Waals surface area contributed by atoms with Crippen LogP contribution in [0.15, 0.2) is 332 Å². The van der Waals surface area contributed by atoms with E-state index < -0.39 is 0 Å². The quantitative estimate of drug-likeness (QED) is 0.101. The van der Waals surface area contributed by atoms with Crippen LogP contribution in [0.5, 0.6) is 0 Å². The normalized spacial score (nSPS) is 13.3. The second-order valence-electron chi connectivity index (χ2n) is 31.5. The number of benzene rings is 9. The molecule has 129 heavy (non-hydrogen) atoms. The van der Waals surface area contributed by atoms with Crippen LogP contribution in [0.4, 0.5) is 0 Å². The molecular weight excluding hydrogens is 1660 g/mol. The maximum Gasteiger partial charge on any atom is 0.102 e. The molecule has 6 nitrogen and oxygen atoms in total. The van der Waals surface area contributed by atoms with Crippen molar-refractivity contribution < 1.29 is 67.8 Å². The highest BCUT2D eigenvalue weighted by atomic mass is 35.5. The van der Waals surface area contributed by atoms with Crippen LogP contribution in [-0.2, 0) is 4.74 Å². The highest BCUT2D eigenvalue weighted by Crippen LogP contribution is 2.17. The number of likely N-dealkylation sites (N-methyl/N-ethyl adjacent to an activating group) is 1. The third-order valence-corrected chi connectivity index (χ3v) is 20.2. The van der Waals surface area contributed by atoms with Crippen molar-refractivity contribution in [2.75, 3.05) is 133 Å². The number of halogens is 4. The predicted octanol–water partition coefficient (Wildman–Crippen LogP) is 20.6. The van der Waals surface area contributed by atoms with E-state index in [1.54, 1.807) is 0 Å². The monoisotopic (exact) mass is 1840 g/mol. The van der Waals surface area contributed by atoms with Crippen LogP contribution in [0.2, 0.25) is 0 Å². The fraction of sp³-hybridized carbons (Fsp3) is 0.395. The lowest BCUT2D eigenvalue weighted by Gasteiger charge is -2.36. The Hall–Kier alpha value is -8.44. The van der Waals surface area contributed by atoms with Gasteiger partial charge in [-0.05, 0) is 155 Å². The average molecular weight is 1840 g/mol. The van der Waals surface area contributed by atoms with Gasteiger partial charge in [0, 0.05) is 12.8 Å². The van der Waals surface area contributed by atoms with E-state index in [9.17, 15) is 0 Å². The summed E-state index contributed by atoms with van der Waals surface area (Å²) in [4.78, 5) is 5.00. The van der Waals surface area contributed by atoms with Crippen LogP contribution >= 0.6 is 0 Å². The molecule has 5 aliphatic rings. The van der Waals surface area contributed by atoms with E-state index in [-0.39, 0.29) is 49.6 Å². The van der Waals surface area contributed by atoms with Gasteiger partial charge in [-0.1, -0.05) is 488 Å². The molecule has 0 unspecified atom stereocenters. The van der Waals surface area contributed by atoms with Crippen molar-refractivity contribution in [1.29, 1.82) is 0 Å². The van der Waals surface area contributed by atoms with Crippen molar-refractivity contribution in [2.24, 2.45) is 0 Å². The summed E-state index contributed by atoms with van der Waals surface area (Å²) in [5.41, 5.74) is 10.6. The Morgan fingerprint density at radius 2 is 0.349 bits per heavy atom. The van der Waals surface area contributed by atoms with Crippen LogP contribution in [0.25, 0.3) is 54.7 Å². The second kappa shape index (κ2) is 102. The summed E-state index contributed by atoms with van der Waals surface area (Å²) in [6.07, 6.45) is 35.9. The van der Waals surface area contributed by atoms with Crippen LogP contribution < -0.4 is 49.6 Å². The zero-order valence-corrected chi connectivity index (χ0v) is 87.1. The first-order chi connectivity index (χ1) is 60.7. The van der Waals surface area contributed by atoms with Crippen molar-refractivity contribution in [3.8, 4) is 0 Å². The molecule has 9 aromatic rings. The molecule has 0 radical (unpaired) electrons. The van der Waals surface area contributed by atoms with Gasteiger partial charge in [0.25, 0.3) is 0 Å². The van der Waals surface area contributed by atoms with Gasteiger partial charge in [-0.2, -0.15) is 0 Å². The third kappa shape index (κ3) is 86.1. The minimum absolute atomic E-state index is 0. The molecule has 14 rings (SSSR count). The number of hydrogen-bond donors (Lipinski definition) is 0. The van der Waals surface area contributed by atoms with E-state index in [2.05, 4.69) is 180 Å². The second-order valence-corrected chi connectivity index (χ2v) is 31.5. The summed E-state index contributed by atoms with van der Waals surface area (Å²) in [5.74, 6) is 0. The van der Waals surface area contributed by atoms with Gasteiger partial charge in [0.2, 0.25) is 0 Å². The summed E-state index contributed by atoms with van der Waals surface area (Å²) in [5, 5.41) is 0. The van der Waals surface area contributed by atoms with Gasteiger partial charge in [0.05, 0.1) is 80.2 Å². The van der Waals surface area contributed by atoms with Crippen molar-refractivity contribution >= 4 is 54.7 Å². The molecule has 5 heterocycles. The van der Waals surface area contributed by atoms with Crippen molar-refractivity contribution in [2.45, 2.75) is 180 Å². The summed E-state index contributed by atoms with van der Waals surface area (Å²) in [6.45, 7) is 82.7. The van der Waals surface area contributed by atoms with E-state index >= 15 is 0 Å². The number of piperidine rings is 2. The molecule has 0 aliphatic carbocycles. The van der Waals surface area contributed by atoms with E-state index in [1.165, 1.54) is 252 Å². The lowest BCUT2D eigenvalue weighted by atomic mass is 10.1. The molecule has 0 spiro atoms.